The topological polar surface area (TPSA) is 78.6 Å². The van der Waals surface area contributed by atoms with Crippen molar-refractivity contribution in [2.75, 3.05) is 0 Å². The minimum Gasteiger partial charge on any atom is -0.428 e. The van der Waals surface area contributed by atoms with Crippen molar-refractivity contribution in [3.05, 3.63) is 35.4 Å². The fourth-order valence-electron chi connectivity index (χ4n) is 1.23. The van der Waals surface area contributed by atoms with E-state index in [9.17, 15) is 9.59 Å². The number of hydrogen-bond donors (Lipinski definition) is 1. The van der Waals surface area contributed by atoms with Gasteiger partial charge in [0.1, 0.15) is 5.60 Å². The zero-order valence-corrected chi connectivity index (χ0v) is 10.7. The Morgan fingerprint density at radius 2 is 1.94 bits per heavy atom. The zero-order valence-electron chi connectivity index (χ0n) is 10.7. The maximum absolute atomic E-state index is 11.6. The number of carbonyl (C=O) groups excluding carboxylic acids is 2. The molecular weight excluding hydrogens is 234 g/mol. The third kappa shape index (κ3) is 4.55. The molecular formula is C13H17NO4. The van der Waals surface area contributed by atoms with Gasteiger partial charge < -0.3 is 15.2 Å². The van der Waals surface area contributed by atoms with E-state index in [-0.39, 0.29) is 5.56 Å². The predicted molar refractivity (Wildman–Crippen MR) is 66.0 cm³/mol. The molecule has 0 heterocycles. The monoisotopic (exact) mass is 251 g/mol. The Morgan fingerprint density at radius 3 is 2.50 bits per heavy atom. The largest absolute Gasteiger partial charge is 0.516 e. The van der Waals surface area contributed by atoms with Crippen molar-refractivity contribution >= 4 is 12.1 Å². The Bertz CT molecular complexity index is 449. The Morgan fingerprint density at radius 1 is 1.28 bits per heavy atom. The number of carbonyl (C=O) groups is 2. The molecule has 0 saturated carbocycles. The molecule has 0 atom stereocenters. The highest BCUT2D eigenvalue weighted by Crippen LogP contribution is 2.11. The SMILES string of the molecule is CC(C)(C)OC(=O)OC(=O)c1cccc(CN)c1. The number of esters is 1. The molecule has 1 rings (SSSR count). The maximum atomic E-state index is 11.6. The summed E-state index contributed by atoms with van der Waals surface area (Å²) in [6.07, 6.45) is -1.01. The van der Waals surface area contributed by atoms with E-state index in [1.165, 1.54) is 0 Å². The Balaban J connectivity index is 2.68. The molecule has 0 radical (unpaired) electrons. The third-order valence-corrected chi connectivity index (χ3v) is 1.96. The highest BCUT2D eigenvalue weighted by atomic mass is 16.7. The minimum atomic E-state index is -1.01. The number of benzene rings is 1. The summed E-state index contributed by atoms with van der Waals surface area (Å²) in [5.74, 6) is -0.750. The first-order chi connectivity index (χ1) is 8.31. The molecule has 0 aromatic heterocycles. The Kier molecular flexibility index (Phi) is 4.44. The van der Waals surface area contributed by atoms with E-state index in [0.717, 1.165) is 5.56 Å². The van der Waals surface area contributed by atoms with Crippen LogP contribution in [-0.4, -0.2) is 17.7 Å². The van der Waals surface area contributed by atoms with Crippen molar-refractivity contribution in [3.63, 3.8) is 0 Å². The summed E-state index contributed by atoms with van der Waals surface area (Å²) in [5, 5.41) is 0. The van der Waals surface area contributed by atoms with Crippen LogP contribution >= 0.6 is 0 Å². The van der Waals surface area contributed by atoms with Gasteiger partial charge >= 0.3 is 12.1 Å². The highest BCUT2D eigenvalue weighted by Gasteiger charge is 2.21. The van der Waals surface area contributed by atoms with E-state index >= 15 is 0 Å². The molecule has 0 unspecified atom stereocenters. The number of rotatable bonds is 2. The average Bonchev–Trinajstić information content (AvgIpc) is 2.26. The molecule has 0 spiro atoms. The quantitative estimate of drug-likeness (QED) is 0.644. The van der Waals surface area contributed by atoms with Gasteiger partial charge in [-0.1, -0.05) is 12.1 Å². The van der Waals surface area contributed by atoms with Crippen LogP contribution < -0.4 is 5.73 Å². The van der Waals surface area contributed by atoms with Gasteiger partial charge in [-0.15, -0.1) is 0 Å². The van der Waals surface area contributed by atoms with Gasteiger partial charge in [0.05, 0.1) is 5.56 Å². The molecule has 5 nitrogen and oxygen atoms in total. The molecule has 0 aliphatic heterocycles. The highest BCUT2D eigenvalue weighted by molar-refractivity contribution is 5.95. The summed E-state index contributed by atoms with van der Waals surface area (Å²) in [6, 6.07) is 6.58. The molecule has 98 valence electrons. The van der Waals surface area contributed by atoms with Crippen molar-refractivity contribution in [2.24, 2.45) is 5.73 Å². The van der Waals surface area contributed by atoms with Gasteiger partial charge in [0.2, 0.25) is 0 Å². The van der Waals surface area contributed by atoms with Crippen LogP contribution in [0.25, 0.3) is 0 Å². The summed E-state index contributed by atoms with van der Waals surface area (Å²) < 4.78 is 9.45. The third-order valence-electron chi connectivity index (χ3n) is 1.96. The zero-order chi connectivity index (χ0) is 13.8. The molecule has 18 heavy (non-hydrogen) atoms. The molecule has 0 amide bonds. The number of ether oxygens (including phenoxy) is 2. The number of hydrogen-bond acceptors (Lipinski definition) is 5. The van der Waals surface area contributed by atoms with Crippen LogP contribution in [0, 0.1) is 0 Å². The van der Waals surface area contributed by atoms with E-state index in [0.29, 0.717) is 6.54 Å². The molecule has 2 N–H and O–H groups in total. The lowest BCUT2D eigenvalue weighted by atomic mass is 10.1. The van der Waals surface area contributed by atoms with Crippen LogP contribution in [0.3, 0.4) is 0 Å². The van der Waals surface area contributed by atoms with E-state index in [1.54, 1.807) is 45.0 Å². The molecule has 0 saturated heterocycles. The summed E-state index contributed by atoms with van der Waals surface area (Å²) in [7, 11) is 0. The summed E-state index contributed by atoms with van der Waals surface area (Å²) >= 11 is 0. The molecule has 5 heteroatoms. The summed E-state index contributed by atoms with van der Waals surface area (Å²) in [4.78, 5) is 23.0. The molecule has 0 fully saturated rings. The van der Waals surface area contributed by atoms with Gasteiger partial charge in [0, 0.05) is 6.54 Å². The second-order valence-corrected chi connectivity index (χ2v) is 4.76. The van der Waals surface area contributed by atoms with E-state index in [4.69, 9.17) is 10.5 Å². The number of nitrogens with two attached hydrogens (primary N) is 1. The molecule has 0 aliphatic rings. The van der Waals surface area contributed by atoms with Crippen molar-refractivity contribution in [1.82, 2.24) is 0 Å². The first-order valence-corrected chi connectivity index (χ1v) is 5.56. The fourth-order valence-corrected chi connectivity index (χ4v) is 1.23. The Hall–Kier alpha value is -1.88. The smallest absolute Gasteiger partial charge is 0.428 e. The molecule has 1 aromatic carbocycles. The van der Waals surface area contributed by atoms with Crippen LogP contribution in [0.2, 0.25) is 0 Å². The second kappa shape index (κ2) is 5.64. The van der Waals surface area contributed by atoms with Gasteiger partial charge in [-0.05, 0) is 38.5 Å². The van der Waals surface area contributed by atoms with Gasteiger partial charge in [0.25, 0.3) is 0 Å². The van der Waals surface area contributed by atoms with Crippen LogP contribution in [0.15, 0.2) is 24.3 Å². The van der Waals surface area contributed by atoms with Crippen molar-refractivity contribution in [3.8, 4) is 0 Å². The van der Waals surface area contributed by atoms with E-state index in [2.05, 4.69) is 4.74 Å². The van der Waals surface area contributed by atoms with Crippen LogP contribution in [0.4, 0.5) is 4.79 Å². The normalized spacial score (nSPS) is 10.9. The standard InChI is InChI=1S/C13H17NO4/c1-13(2,3)18-12(16)17-11(15)10-6-4-5-9(7-10)8-14/h4-7H,8,14H2,1-3H3. The lowest BCUT2D eigenvalue weighted by Crippen LogP contribution is -2.26. The van der Waals surface area contributed by atoms with E-state index < -0.39 is 17.7 Å². The second-order valence-electron chi connectivity index (χ2n) is 4.76. The lowest BCUT2D eigenvalue weighted by molar-refractivity contribution is -0.00155. The van der Waals surface area contributed by atoms with Crippen LogP contribution in [0.5, 0.6) is 0 Å². The van der Waals surface area contributed by atoms with Gasteiger partial charge in [-0.2, -0.15) is 0 Å². The first kappa shape index (κ1) is 14.2. The van der Waals surface area contributed by atoms with Crippen LogP contribution in [0.1, 0.15) is 36.7 Å². The average molecular weight is 251 g/mol. The molecule has 0 aliphatic carbocycles. The van der Waals surface area contributed by atoms with Gasteiger partial charge in [-0.25, -0.2) is 9.59 Å². The molecule has 1 aromatic rings. The van der Waals surface area contributed by atoms with Gasteiger partial charge in [0.15, 0.2) is 0 Å². The fraction of sp³-hybridized carbons (Fsp3) is 0.385. The van der Waals surface area contributed by atoms with Crippen molar-refractivity contribution < 1.29 is 19.1 Å². The Labute approximate surface area is 106 Å². The van der Waals surface area contributed by atoms with Crippen LogP contribution in [-0.2, 0) is 16.0 Å². The lowest BCUT2D eigenvalue weighted by Gasteiger charge is -2.18. The minimum absolute atomic E-state index is 0.267. The first-order valence-electron chi connectivity index (χ1n) is 5.56. The predicted octanol–water partition coefficient (Wildman–Crippen LogP) is 2.24. The summed E-state index contributed by atoms with van der Waals surface area (Å²) in [5.41, 5.74) is 5.81. The van der Waals surface area contributed by atoms with Crippen molar-refractivity contribution in [1.29, 1.82) is 0 Å². The van der Waals surface area contributed by atoms with E-state index in [1.807, 2.05) is 0 Å². The molecule has 0 bridgehead atoms. The van der Waals surface area contributed by atoms with Gasteiger partial charge in [-0.3, -0.25) is 0 Å². The maximum Gasteiger partial charge on any atom is 0.516 e. The van der Waals surface area contributed by atoms with Crippen molar-refractivity contribution in [2.45, 2.75) is 32.9 Å². The summed E-state index contributed by atoms with van der Waals surface area (Å²) in [6.45, 7) is 5.38.